The Morgan fingerprint density at radius 1 is 1.00 bits per heavy atom. The Morgan fingerprint density at radius 2 is 1.59 bits per heavy atom. The van der Waals surface area contributed by atoms with Crippen LogP contribution in [0.15, 0.2) is 0 Å². The molecule has 0 amide bonds. The highest BCUT2D eigenvalue weighted by atomic mass is 16.5. The maximum Gasteiger partial charge on any atom is 0.0608 e. The second kappa shape index (κ2) is 8.12. The molecule has 1 saturated heterocycles. The first kappa shape index (κ1) is 18.2. The largest absolute Gasteiger partial charge is 0.375 e. The van der Waals surface area contributed by atoms with Gasteiger partial charge in [-0.3, -0.25) is 4.90 Å². The summed E-state index contributed by atoms with van der Waals surface area (Å²) in [6, 6.07) is 2.13. The average molecular weight is 311 g/mol. The Bertz CT molecular complexity index is 315. The molecule has 0 unspecified atom stereocenters. The quantitative estimate of drug-likeness (QED) is 0.712. The van der Waals surface area contributed by atoms with Crippen LogP contribution in [0.1, 0.15) is 67.2 Å². The molecule has 0 aromatic heterocycles. The number of nitrogens with zero attached hydrogens (tertiary/aromatic N) is 2. The zero-order valence-corrected chi connectivity index (χ0v) is 15.7. The van der Waals surface area contributed by atoms with Crippen molar-refractivity contribution >= 4 is 0 Å². The minimum atomic E-state index is 0.374. The SMILES string of the molecule is CC(C)OC1CC(N(CC2CCN(C(C)C)CC2)C(C)C)C1. The van der Waals surface area contributed by atoms with Crippen LogP contribution in [0.2, 0.25) is 0 Å². The molecule has 0 aromatic rings. The summed E-state index contributed by atoms with van der Waals surface area (Å²) < 4.78 is 5.94. The van der Waals surface area contributed by atoms with Gasteiger partial charge in [0.25, 0.3) is 0 Å². The smallest absolute Gasteiger partial charge is 0.0608 e. The van der Waals surface area contributed by atoms with Crippen LogP contribution >= 0.6 is 0 Å². The first-order chi connectivity index (χ1) is 10.4. The molecule has 2 fully saturated rings. The minimum Gasteiger partial charge on any atom is -0.375 e. The van der Waals surface area contributed by atoms with Crippen LogP contribution in [0.4, 0.5) is 0 Å². The first-order valence-electron chi connectivity index (χ1n) is 9.52. The molecule has 1 aliphatic heterocycles. The van der Waals surface area contributed by atoms with Gasteiger partial charge < -0.3 is 9.64 Å². The normalized spacial score (nSPS) is 28.1. The molecule has 22 heavy (non-hydrogen) atoms. The molecule has 130 valence electrons. The highest BCUT2D eigenvalue weighted by Gasteiger charge is 2.37. The molecule has 2 aliphatic rings. The molecule has 2 rings (SSSR count). The van der Waals surface area contributed by atoms with Crippen molar-refractivity contribution in [1.29, 1.82) is 0 Å². The first-order valence-corrected chi connectivity index (χ1v) is 9.52. The molecule has 0 N–H and O–H groups in total. The fourth-order valence-corrected chi connectivity index (χ4v) is 4.04. The van der Waals surface area contributed by atoms with Crippen molar-refractivity contribution in [1.82, 2.24) is 9.80 Å². The molecule has 3 nitrogen and oxygen atoms in total. The van der Waals surface area contributed by atoms with Gasteiger partial charge in [0.15, 0.2) is 0 Å². The van der Waals surface area contributed by atoms with Gasteiger partial charge in [-0.05, 0) is 86.2 Å². The van der Waals surface area contributed by atoms with Gasteiger partial charge in [-0.15, -0.1) is 0 Å². The minimum absolute atomic E-state index is 0.374. The number of piperidine rings is 1. The highest BCUT2D eigenvalue weighted by molar-refractivity contribution is 4.91. The third-order valence-electron chi connectivity index (χ3n) is 5.52. The molecule has 0 bridgehead atoms. The van der Waals surface area contributed by atoms with Crippen molar-refractivity contribution < 1.29 is 4.74 Å². The molecule has 1 aliphatic carbocycles. The van der Waals surface area contributed by atoms with Crippen LogP contribution in [0.5, 0.6) is 0 Å². The van der Waals surface area contributed by atoms with Crippen LogP contribution < -0.4 is 0 Å². The number of hydrogen-bond acceptors (Lipinski definition) is 3. The molecule has 0 spiro atoms. The van der Waals surface area contributed by atoms with Gasteiger partial charge in [0.1, 0.15) is 0 Å². The third-order valence-corrected chi connectivity index (χ3v) is 5.52. The molecule has 1 heterocycles. The van der Waals surface area contributed by atoms with Crippen LogP contribution in [-0.4, -0.2) is 59.8 Å². The Morgan fingerprint density at radius 3 is 2.05 bits per heavy atom. The van der Waals surface area contributed by atoms with E-state index < -0.39 is 0 Å². The van der Waals surface area contributed by atoms with Crippen molar-refractivity contribution in [2.45, 2.75) is 97.6 Å². The number of likely N-dealkylation sites (tertiary alicyclic amines) is 1. The lowest BCUT2D eigenvalue weighted by Gasteiger charge is -2.47. The van der Waals surface area contributed by atoms with E-state index in [0.717, 1.165) is 12.0 Å². The second-order valence-corrected chi connectivity index (χ2v) is 8.30. The molecule has 0 aromatic carbocycles. The van der Waals surface area contributed by atoms with Crippen molar-refractivity contribution in [3.8, 4) is 0 Å². The maximum absolute atomic E-state index is 5.94. The Kier molecular flexibility index (Phi) is 6.73. The van der Waals surface area contributed by atoms with Crippen molar-refractivity contribution in [3.63, 3.8) is 0 Å². The summed E-state index contributed by atoms with van der Waals surface area (Å²) in [5.74, 6) is 0.891. The Labute approximate surface area is 138 Å². The van der Waals surface area contributed by atoms with Crippen LogP contribution in [0.3, 0.4) is 0 Å². The van der Waals surface area contributed by atoms with E-state index in [1.54, 1.807) is 0 Å². The average Bonchev–Trinajstić information content (AvgIpc) is 2.40. The van der Waals surface area contributed by atoms with Gasteiger partial charge in [-0.1, -0.05) is 0 Å². The maximum atomic E-state index is 5.94. The van der Waals surface area contributed by atoms with E-state index in [1.807, 2.05) is 0 Å². The molecule has 0 atom stereocenters. The number of rotatable bonds is 7. The lowest BCUT2D eigenvalue weighted by atomic mass is 9.85. The fraction of sp³-hybridized carbons (Fsp3) is 1.00. The summed E-state index contributed by atoms with van der Waals surface area (Å²) in [5.41, 5.74) is 0. The fourth-order valence-electron chi connectivity index (χ4n) is 4.04. The third kappa shape index (κ3) is 4.94. The number of ether oxygens (including phenoxy) is 1. The van der Waals surface area contributed by atoms with Gasteiger partial charge in [0.2, 0.25) is 0 Å². The summed E-state index contributed by atoms with van der Waals surface area (Å²) >= 11 is 0. The summed E-state index contributed by atoms with van der Waals surface area (Å²) in [6.07, 6.45) is 6.11. The molecule has 3 heteroatoms. The summed E-state index contributed by atoms with van der Waals surface area (Å²) in [6.45, 7) is 17.5. The van der Waals surface area contributed by atoms with Gasteiger partial charge in [0.05, 0.1) is 12.2 Å². The van der Waals surface area contributed by atoms with E-state index >= 15 is 0 Å². The van der Waals surface area contributed by atoms with E-state index in [9.17, 15) is 0 Å². The second-order valence-electron chi connectivity index (χ2n) is 8.30. The Balaban J connectivity index is 1.76. The molecule has 1 saturated carbocycles. The topological polar surface area (TPSA) is 15.7 Å². The standard InChI is InChI=1S/C19H38N2O/c1-14(2)20-9-7-17(8-10-20)13-21(15(3)4)18-11-19(12-18)22-16(5)6/h14-19H,7-13H2,1-6H3. The van der Waals surface area contributed by atoms with Crippen molar-refractivity contribution in [3.05, 3.63) is 0 Å². The molecule has 0 radical (unpaired) electrons. The van der Waals surface area contributed by atoms with Gasteiger partial charge in [-0.2, -0.15) is 0 Å². The van der Waals surface area contributed by atoms with Crippen molar-refractivity contribution in [2.24, 2.45) is 5.92 Å². The lowest BCUT2D eigenvalue weighted by molar-refractivity contribution is -0.0861. The zero-order chi connectivity index (χ0) is 16.3. The van der Waals surface area contributed by atoms with Crippen molar-refractivity contribution in [2.75, 3.05) is 19.6 Å². The van der Waals surface area contributed by atoms with Crippen LogP contribution in [0.25, 0.3) is 0 Å². The van der Waals surface area contributed by atoms with E-state index in [1.165, 1.54) is 45.3 Å². The van der Waals surface area contributed by atoms with E-state index in [0.29, 0.717) is 24.3 Å². The summed E-state index contributed by atoms with van der Waals surface area (Å²) in [7, 11) is 0. The predicted octanol–water partition coefficient (Wildman–Crippen LogP) is 3.77. The molecular weight excluding hydrogens is 272 g/mol. The van der Waals surface area contributed by atoms with Gasteiger partial charge >= 0.3 is 0 Å². The highest BCUT2D eigenvalue weighted by Crippen LogP contribution is 2.32. The van der Waals surface area contributed by atoms with Gasteiger partial charge in [-0.25, -0.2) is 0 Å². The van der Waals surface area contributed by atoms with Crippen LogP contribution in [-0.2, 0) is 4.74 Å². The summed E-state index contributed by atoms with van der Waals surface area (Å²) in [4.78, 5) is 5.39. The van der Waals surface area contributed by atoms with E-state index in [2.05, 4.69) is 51.3 Å². The van der Waals surface area contributed by atoms with E-state index in [-0.39, 0.29) is 0 Å². The monoisotopic (exact) mass is 310 g/mol. The summed E-state index contributed by atoms with van der Waals surface area (Å²) in [5, 5.41) is 0. The predicted molar refractivity (Wildman–Crippen MR) is 94.3 cm³/mol. The van der Waals surface area contributed by atoms with Crippen LogP contribution in [0, 0.1) is 5.92 Å². The van der Waals surface area contributed by atoms with Gasteiger partial charge in [0, 0.05) is 24.7 Å². The number of hydrogen-bond donors (Lipinski definition) is 0. The van der Waals surface area contributed by atoms with E-state index in [4.69, 9.17) is 4.74 Å². The zero-order valence-electron chi connectivity index (χ0n) is 15.7. The lowest BCUT2D eigenvalue weighted by Crippen LogP contribution is -2.53. The Hall–Kier alpha value is -0.120. The molecular formula is C19H38N2O.